The predicted molar refractivity (Wildman–Crippen MR) is 269 cm³/mol. The molecule has 0 aliphatic carbocycles. The summed E-state index contributed by atoms with van der Waals surface area (Å²) < 4.78 is 4.64. The maximum absolute atomic E-state index is 5.26. The second kappa shape index (κ2) is 14.7. The van der Waals surface area contributed by atoms with Gasteiger partial charge in [-0.15, -0.1) is 0 Å². The van der Waals surface area contributed by atoms with Gasteiger partial charge in [-0.2, -0.15) is 0 Å². The molecule has 0 saturated heterocycles. The van der Waals surface area contributed by atoms with E-state index in [2.05, 4.69) is 241 Å². The molecule has 5 nitrogen and oxygen atoms in total. The molecular formula is C58H45N5Si. The molecule has 3 aromatic heterocycles. The average Bonchev–Trinajstić information content (AvgIpc) is 3.87. The summed E-state index contributed by atoms with van der Waals surface area (Å²) in [7, 11) is -1.23. The van der Waals surface area contributed by atoms with E-state index >= 15 is 0 Å². The number of rotatable bonds is 7. The van der Waals surface area contributed by atoms with Crippen LogP contribution in [0.1, 0.15) is 25.0 Å². The molecule has 12 rings (SSSR count). The number of benzene rings is 8. The quantitative estimate of drug-likeness (QED) is 0.119. The fourth-order valence-electron chi connectivity index (χ4n) is 10.9. The van der Waals surface area contributed by atoms with Crippen molar-refractivity contribution in [1.82, 2.24) is 19.1 Å². The van der Waals surface area contributed by atoms with Crippen LogP contribution in [0.3, 0.4) is 0 Å². The Morgan fingerprint density at radius 1 is 0.531 bits per heavy atom. The molecule has 0 unspecified atom stereocenters. The van der Waals surface area contributed by atoms with E-state index in [-0.39, 0.29) is 0 Å². The van der Waals surface area contributed by atoms with Crippen molar-refractivity contribution < 1.29 is 0 Å². The molecule has 11 aromatic rings. The molecule has 0 atom stereocenters. The molecule has 306 valence electrons. The molecule has 64 heavy (non-hydrogen) atoms. The lowest BCUT2D eigenvalue weighted by Crippen LogP contribution is -2.75. The van der Waals surface area contributed by atoms with Crippen LogP contribution in [-0.2, 0) is 12.5 Å². The number of anilines is 3. The molecule has 0 spiro atoms. The van der Waals surface area contributed by atoms with Gasteiger partial charge in [0.15, 0.2) is 8.07 Å². The zero-order valence-corrected chi connectivity index (χ0v) is 37.0. The van der Waals surface area contributed by atoms with Gasteiger partial charge < -0.3 is 9.47 Å². The fraction of sp³-hybridized carbons (Fsp3) is 0.0690. The van der Waals surface area contributed by atoms with Gasteiger partial charge in [-0.25, -0.2) is 9.97 Å². The first-order valence-electron chi connectivity index (χ1n) is 22.1. The molecule has 0 saturated carbocycles. The third kappa shape index (κ3) is 5.49. The summed E-state index contributed by atoms with van der Waals surface area (Å²) in [6, 6.07) is 78.2. The molecule has 0 radical (unpaired) electrons. The smallest absolute Gasteiger partial charge is 0.181 e. The molecule has 1 aliphatic rings. The van der Waals surface area contributed by atoms with Crippen LogP contribution in [0.25, 0.3) is 50.0 Å². The molecule has 1 aliphatic heterocycles. The van der Waals surface area contributed by atoms with Gasteiger partial charge in [-0.1, -0.05) is 172 Å². The van der Waals surface area contributed by atoms with Gasteiger partial charge in [0, 0.05) is 40.7 Å². The van der Waals surface area contributed by atoms with Crippen molar-refractivity contribution in [2.24, 2.45) is 7.05 Å². The summed E-state index contributed by atoms with van der Waals surface area (Å²) in [5, 5.41) is 7.65. The van der Waals surface area contributed by atoms with Gasteiger partial charge in [-0.05, 0) is 86.5 Å². The SMILES string of the molecule is Cn1c(-c2cccc([Si](c3ccccc3)(c3ccccc3)c3cc4c(c5c3N(c3ccccc3)c3ccccc3C5(C)C)c3ccccc3n4-c3ccccn3)c2)nc2ccccc21. The van der Waals surface area contributed by atoms with Crippen molar-refractivity contribution in [3.63, 3.8) is 0 Å². The van der Waals surface area contributed by atoms with Crippen LogP contribution in [0.5, 0.6) is 0 Å². The number of imidazole rings is 1. The summed E-state index contributed by atoms with van der Waals surface area (Å²) in [4.78, 5) is 12.9. The topological polar surface area (TPSA) is 38.9 Å². The van der Waals surface area contributed by atoms with E-state index in [1.807, 2.05) is 12.3 Å². The van der Waals surface area contributed by atoms with Crippen LogP contribution in [0.15, 0.2) is 219 Å². The van der Waals surface area contributed by atoms with Crippen molar-refractivity contribution in [2.75, 3.05) is 4.90 Å². The van der Waals surface area contributed by atoms with E-state index in [0.29, 0.717) is 0 Å². The van der Waals surface area contributed by atoms with Gasteiger partial charge in [0.25, 0.3) is 0 Å². The summed E-state index contributed by atoms with van der Waals surface area (Å²) in [6.07, 6.45) is 1.91. The highest BCUT2D eigenvalue weighted by molar-refractivity contribution is 7.20. The molecule has 0 N–H and O–H groups in total. The first-order chi connectivity index (χ1) is 31.5. The fourth-order valence-corrected chi connectivity index (χ4v) is 15.9. The highest BCUT2D eigenvalue weighted by atomic mass is 28.3. The van der Waals surface area contributed by atoms with Crippen molar-refractivity contribution in [3.05, 3.63) is 230 Å². The zero-order chi connectivity index (χ0) is 43.0. The Morgan fingerprint density at radius 2 is 1.16 bits per heavy atom. The summed E-state index contributed by atoms with van der Waals surface area (Å²) in [5.74, 6) is 1.84. The van der Waals surface area contributed by atoms with Crippen molar-refractivity contribution in [1.29, 1.82) is 0 Å². The van der Waals surface area contributed by atoms with Crippen LogP contribution in [0.2, 0.25) is 0 Å². The lowest BCUT2D eigenvalue weighted by atomic mass is 9.72. The Balaban J connectivity index is 1.33. The zero-order valence-electron chi connectivity index (χ0n) is 36.0. The molecule has 0 bridgehead atoms. The van der Waals surface area contributed by atoms with E-state index in [9.17, 15) is 0 Å². The lowest BCUT2D eigenvalue weighted by Gasteiger charge is -2.46. The van der Waals surface area contributed by atoms with Gasteiger partial charge >= 0.3 is 0 Å². The Morgan fingerprint density at radius 3 is 1.88 bits per heavy atom. The molecule has 0 fully saturated rings. The summed E-state index contributed by atoms with van der Waals surface area (Å²) in [6.45, 7) is 4.87. The van der Waals surface area contributed by atoms with Crippen LogP contribution in [-0.4, -0.2) is 27.2 Å². The number of nitrogens with zero attached hydrogens (tertiary/aromatic N) is 5. The maximum atomic E-state index is 5.26. The highest BCUT2D eigenvalue weighted by Crippen LogP contribution is 2.55. The standard InChI is InChI=1S/C58H45N5Si/c1-58(2)46-31-14-17-34-49(46)62(41-23-7-4-8-24-41)56-52(39-51-54(55(56)58)45-30-13-16-33-48(45)63(51)53-36-19-20-37-59-53)64(42-25-9-5-10-26-42,43-27-11-6-12-28-43)44-29-21-22-40(38-44)57-60-47-32-15-18-35-50(47)61(57)3/h4-39H,1-3H3. The van der Waals surface area contributed by atoms with Crippen LogP contribution in [0.4, 0.5) is 17.1 Å². The molecular weight excluding hydrogens is 795 g/mol. The number of aromatic nitrogens is 4. The Bertz CT molecular complexity index is 3500. The summed E-state index contributed by atoms with van der Waals surface area (Å²) >= 11 is 0. The number of aryl methyl sites for hydroxylation is 1. The monoisotopic (exact) mass is 839 g/mol. The second-order valence-electron chi connectivity index (χ2n) is 17.4. The van der Waals surface area contributed by atoms with Crippen molar-refractivity contribution >= 4 is 78.7 Å². The number of para-hydroxylation sites is 5. The van der Waals surface area contributed by atoms with Gasteiger partial charge in [0.05, 0.1) is 33.4 Å². The predicted octanol–water partition coefficient (Wildman–Crippen LogP) is 11.2. The third-order valence-electron chi connectivity index (χ3n) is 13.7. The number of pyridine rings is 1. The van der Waals surface area contributed by atoms with E-state index in [1.54, 1.807) is 0 Å². The van der Waals surface area contributed by atoms with Crippen LogP contribution >= 0.6 is 0 Å². The normalized spacial score (nSPS) is 13.3. The molecule has 6 heteroatoms. The van der Waals surface area contributed by atoms with E-state index < -0.39 is 13.5 Å². The Labute approximate surface area is 374 Å². The largest absolute Gasteiger partial charge is 0.327 e. The van der Waals surface area contributed by atoms with Crippen LogP contribution < -0.4 is 25.6 Å². The van der Waals surface area contributed by atoms with E-state index in [0.717, 1.165) is 45.0 Å². The first-order valence-corrected chi connectivity index (χ1v) is 24.1. The number of hydrogen-bond acceptors (Lipinski definition) is 3. The Kier molecular flexibility index (Phi) is 8.68. The van der Waals surface area contributed by atoms with Crippen molar-refractivity contribution in [2.45, 2.75) is 19.3 Å². The van der Waals surface area contributed by atoms with Crippen LogP contribution in [0, 0.1) is 0 Å². The minimum Gasteiger partial charge on any atom is -0.327 e. The minimum absolute atomic E-state index is 0.424. The number of fused-ring (bicyclic) bond motifs is 7. The summed E-state index contributed by atoms with van der Waals surface area (Å²) in [5.41, 5.74) is 11.2. The third-order valence-corrected chi connectivity index (χ3v) is 18.4. The van der Waals surface area contributed by atoms with Gasteiger partial charge in [0.2, 0.25) is 0 Å². The minimum atomic E-state index is -3.36. The maximum Gasteiger partial charge on any atom is 0.181 e. The number of hydrogen-bond donors (Lipinski definition) is 0. The lowest BCUT2D eigenvalue weighted by molar-refractivity contribution is 0.639. The van der Waals surface area contributed by atoms with Gasteiger partial charge in [0.1, 0.15) is 11.6 Å². The highest BCUT2D eigenvalue weighted by Gasteiger charge is 2.49. The Hall–Kier alpha value is -7.80. The molecule has 8 aromatic carbocycles. The van der Waals surface area contributed by atoms with Gasteiger partial charge in [-0.3, -0.25) is 4.57 Å². The second-order valence-corrected chi connectivity index (χ2v) is 21.2. The van der Waals surface area contributed by atoms with Crippen molar-refractivity contribution in [3.8, 4) is 17.2 Å². The molecule has 0 amide bonds. The molecule has 4 heterocycles. The van der Waals surface area contributed by atoms with E-state index in [1.165, 1.54) is 54.0 Å². The average molecular weight is 840 g/mol. The first kappa shape index (κ1) is 37.9. The van der Waals surface area contributed by atoms with E-state index in [4.69, 9.17) is 9.97 Å².